The first-order valence-corrected chi connectivity index (χ1v) is 24.4. The van der Waals surface area contributed by atoms with Gasteiger partial charge >= 0.3 is 18.1 Å². The fourth-order valence-corrected chi connectivity index (χ4v) is 8.65. The SMILES string of the molecule is CCn1cc(C(=O)O)c(=O)c2cc(F)c(N3CCN(C(=O)OCc4ccc(NC(=O)[C@H](CCCNC(N)=O)n5cc([C@@H](NC(=O)[C@H](C)NC(=O)CCCCCN6C(=O)CCC6=O)C(C)C)nn5)cc4)CC3)cc21.S.S.S. The summed E-state index contributed by atoms with van der Waals surface area (Å²) in [5, 5.41) is 29.0. The zero-order valence-electron chi connectivity index (χ0n) is 42.9. The van der Waals surface area contributed by atoms with Crippen LogP contribution in [0.25, 0.3) is 10.9 Å². The van der Waals surface area contributed by atoms with Crippen LogP contribution < -0.4 is 37.3 Å². The monoisotopic (exact) mass is 1120 g/mol. The Morgan fingerprint density at radius 3 is 2.14 bits per heavy atom. The second kappa shape index (κ2) is 29.4. The van der Waals surface area contributed by atoms with Crippen LogP contribution in [0, 0.1) is 11.7 Å². The van der Waals surface area contributed by atoms with Gasteiger partial charge in [-0.15, -0.1) is 5.10 Å². The summed E-state index contributed by atoms with van der Waals surface area (Å²) in [6, 6.07) is 6.06. The molecule has 4 aromatic rings. The van der Waals surface area contributed by atoms with E-state index in [1.165, 1.54) is 26.7 Å². The first-order valence-electron chi connectivity index (χ1n) is 24.4. The molecule has 6 rings (SSSR count). The lowest BCUT2D eigenvalue weighted by molar-refractivity contribution is -0.138. The number of primary amides is 1. The van der Waals surface area contributed by atoms with Crippen molar-refractivity contribution in [2.75, 3.05) is 49.5 Å². The Kier molecular flexibility index (Phi) is 24.6. The molecule has 7 N–H and O–H groups in total. The highest BCUT2D eigenvalue weighted by atomic mass is 32.1. The van der Waals surface area contributed by atoms with E-state index in [4.69, 9.17) is 10.5 Å². The maximum absolute atomic E-state index is 15.4. The van der Waals surface area contributed by atoms with Gasteiger partial charge in [-0.3, -0.25) is 33.7 Å². The molecule has 0 aliphatic carbocycles. The summed E-state index contributed by atoms with van der Waals surface area (Å²) in [4.78, 5) is 117. The number of carboxylic acid groups (broad SMARTS) is 1. The lowest BCUT2D eigenvalue weighted by atomic mass is 10.0. The molecule has 0 unspecified atom stereocenters. The number of piperazine rings is 1. The first-order chi connectivity index (χ1) is 34.8. The van der Waals surface area contributed by atoms with E-state index in [1.54, 1.807) is 53.8 Å². The van der Waals surface area contributed by atoms with Gasteiger partial charge in [0, 0.05) is 82.3 Å². The van der Waals surface area contributed by atoms with Gasteiger partial charge in [0.25, 0.3) is 0 Å². The van der Waals surface area contributed by atoms with E-state index >= 15 is 4.39 Å². The number of benzene rings is 2. The Hall–Kier alpha value is -6.87. The number of aryl methyl sites for hydroxylation is 1. The van der Waals surface area contributed by atoms with E-state index in [-0.39, 0.29) is 140 Å². The molecule has 4 heterocycles. The van der Waals surface area contributed by atoms with E-state index < -0.39 is 64.8 Å². The van der Waals surface area contributed by atoms with Crippen LogP contribution in [0.15, 0.2) is 53.6 Å². The minimum absolute atomic E-state index is 0. The summed E-state index contributed by atoms with van der Waals surface area (Å²) in [7, 11) is 0. The second-order valence-corrected chi connectivity index (χ2v) is 18.3. The number of amides is 8. The molecule has 0 radical (unpaired) electrons. The fourth-order valence-electron chi connectivity index (χ4n) is 8.65. The van der Waals surface area contributed by atoms with Crippen molar-refractivity contribution in [1.82, 2.24) is 45.3 Å². The minimum atomic E-state index is -1.39. The molecule has 2 aliphatic heterocycles. The number of carboxylic acids is 1. The average molecular weight is 1120 g/mol. The molecule has 2 saturated heterocycles. The number of hydrogen-bond acceptors (Lipinski definition) is 13. The summed E-state index contributed by atoms with van der Waals surface area (Å²) in [5.74, 6) is -3.84. The molecule has 0 bridgehead atoms. The third-order valence-corrected chi connectivity index (χ3v) is 12.8. The molecule has 23 nitrogen and oxygen atoms in total. The molecule has 2 aromatic heterocycles. The number of carbonyl (C=O) groups is 8. The van der Waals surface area contributed by atoms with Crippen LogP contribution in [0.4, 0.5) is 25.4 Å². The van der Waals surface area contributed by atoms with Crippen molar-refractivity contribution in [2.45, 2.75) is 110 Å². The molecule has 0 saturated carbocycles. The van der Waals surface area contributed by atoms with Gasteiger partial charge in [-0.2, -0.15) is 40.5 Å². The van der Waals surface area contributed by atoms with E-state index in [1.807, 2.05) is 13.8 Å². The van der Waals surface area contributed by atoms with Gasteiger partial charge in [0.05, 0.1) is 23.4 Å². The lowest BCUT2D eigenvalue weighted by Crippen LogP contribution is -2.49. The lowest BCUT2D eigenvalue weighted by Gasteiger charge is -2.35. The number of likely N-dealkylation sites (tertiary alicyclic amines) is 1. The van der Waals surface area contributed by atoms with Crippen molar-refractivity contribution in [3.63, 3.8) is 0 Å². The van der Waals surface area contributed by atoms with Gasteiger partial charge in [0.1, 0.15) is 35.8 Å². The van der Waals surface area contributed by atoms with Crippen molar-refractivity contribution in [3.05, 3.63) is 81.7 Å². The van der Waals surface area contributed by atoms with Gasteiger partial charge in [-0.05, 0) is 75.3 Å². The molecular weight excluding hydrogens is 1050 g/mol. The molecule has 2 aliphatic rings. The third-order valence-electron chi connectivity index (χ3n) is 12.8. The number of ether oxygens (including phenoxy) is 1. The first kappa shape index (κ1) is 63.4. The van der Waals surface area contributed by atoms with Gasteiger partial charge in [-0.25, -0.2) is 23.5 Å². The Balaban J connectivity index is 0.00000507. The van der Waals surface area contributed by atoms with Crippen LogP contribution in [0.2, 0.25) is 0 Å². The largest absolute Gasteiger partial charge is 0.477 e. The molecule has 2 aromatic carbocycles. The van der Waals surface area contributed by atoms with Gasteiger partial charge in [0.15, 0.2) is 0 Å². The standard InChI is InChI=1S/C49H63FN12O11.3H2S/c1-5-58-26-34(47(69)70)44(66)33-24-35(50)39(25-38(33)58)59-20-22-60(23-21-59)49(72)73-28-31-12-14-32(15-13-31)54-46(68)37(10-9-18-52-48(51)71)62-27-36(56-57-62)43(29(2)3)55-45(67)30(4)53-40(63)11-7-6-8-19-61-41(64)16-17-42(61)65;;;/h12-15,24-27,29-30,37,43H,5-11,16-23,28H2,1-4H3,(H,53,63)(H,54,68)(H,55,67)(H,69,70)(H3,51,52,71);3*1H2/t30-,37-,43-;;;/m0.../s1. The topological polar surface area (TPSA) is 303 Å². The number of carbonyl (C=O) groups excluding carboxylic acids is 7. The maximum Gasteiger partial charge on any atom is 0.410 e. The number of anilines is 2. The Morgan fingerprint density at radius 2 is 1.53 bits per heavy atom. The number of rotatable bonds is 23. The van der Waals surface area contributed by atoms with Crippen molar-refractivity contribution >= 4 is 110 Å². The highest BCUT2D eigenvalue weighted by Crippen LogP contribution is 2.28. The summed E-state index contributed by atoms with van der Waals surface area (Å²) < 4.78 is 24.0. The van der Waals surface area contributed by atoms with E-state index in [2.05, 4.69) is 31.6 Å². The smallest absolute Gasteiger partial charge is 0.410 e. The van der Waals surface area contributed by atoms with Crippen molar-refractivity contribution in [1.29, 1.82) is 0 Å². The number of pyridine rings is 1. The highest BCUT2D eigenvalue weighted by molar-refractivity contribution is 7.59. The van der Waals surface area contributed by atoms with Crippen molar-refractivity contribution in [3.8, 4) is 0 Å². The van der Waals surface area contributed by atoms with Gasteiger partial charge in [0.2, 0.25) is 35.0 Å². The van der Waals surface area contributed by atoms with Crippen molar-refractivity contribution < 1.29 is 52.6 Å². The Bertz CT molecular complexity index is 2760. The Morgan fingerprint density at radius 1 is 0.855 bits per heavy atom. The number of unbranched alkanes of at least 4 members (excludes halogenated alkanes) is 2. The van der Waals surface area contributed by atoms with Crippen LogP contribution in [0.5, 0.6) is 0 Å². The average Bonchev–Trinajstić information content (AvgIpc) is 3.97. The number of hydrogen-bond donors (Lipinski definition) is 6. The molecule has 0 spiro atoms. The highest BCUT2D eigenvalue weighted by Gasteiger charge is 2.30. The van der Waals surface area contributed by atoms with Crippen molar-refractivity contribution in [2.24, 2.45) is 11.7 Å². The van der Waals surface area contributed by atoms with E-state index in [0.717, 1.165) is 6.07 Å². The summed E-state index contributed by atoms with van der Waals surface area (Å²) in [6.45, 7) is 8.85. The summed E-state index contributed by atoms with van der Waals surface area (Å²) in [6.07, 6.45) is 5.14. The molecule has 416 valence electrons. The molecule has 27 heteroatoms. The van der Waals surface area contributed by atoms with Gasteiger partial charge < -0.3 is 51.2 Å². The minimum Gasteiger partial charge on any atom is -0.477 e. The summed E-state index contributed by atoms with van der Waals surface area (Å²) in [5.41, 5.74) is 6.08. The van der Waals surface area contributed by atoms with Crippen LogP contribution in [-0.4, -0.2) is 127 Å². The zero-order chi connectivity index (χ0) is 52.9. The summed E-state index contributed by atoms with van der Waals surface area (Å²) >= 11 is 0. The quantitative estimate of drug-likeness (QED) is 0.0454. The number of imide groups is 1. The number of nitrogens with one attached hydrogen (secondary N) is 4. The number of nitrogens with two attached hydrogens (primary N) is 1. The molecule has 76 heavy (non-hydrogen) atoms. The fraction of sp³-hybridized carbons (Fsp3) is 0.490. The normalized spacial score (nSPS) is 14.4. The third kappa shape index (κ3) is 16.6. The second-order valence-electron chi connectivity index (χ2n) is 18.3. The van der Waals surface area contributed by atoms with Crippen LogP contribution >= 0.6 is 40.5 Å². The number of urea groups is 1. The maximum atomic E-state index is 15.4. The number of halogens is 1. The van der Waals surface area contributed by atoms with Crippen LogP contribution in [-0.2, 0) is 41.9 Å². The number of fused-ring (bicyclic) bond motifs is 1. The number of aromatic nitrogens is 4. The molecular formula is C49H69FN12O11S3. The predicted octanol–water partition coefficient (Wildman–Crippen LogP) is 3.90. The number of nitrogens with zero attached hydrogens (tertiary/aromatic N) is 7. The Labute approximate surface area is 459 Å². The molecule has 2 fully saturated rings. The molecule has 8 amide bonds. The zero-order valence-corrected chi connectivity index (χ0v) is 45.9. The van der Waals surface area contributed by atoms with Gasteiger partial charge in [-0.1, -0.05) is 37.6 Å². The van der Waals surface area contributed by atoms with E-state index in [9.17, 15) is 48.3 Å². The van der Waals surface area contributed by atoms with Crippen LogP contribution in [0.1, 0.15) is 113 Å². The predicted molar refractivity (Wildman–Crippen MR) is 295 cm³/mol. The van der Waals surface area contributed by atoms with E-state index in [0.29, 0.717) is 61.2 Å². The number of aromatic carboxylic acids is 1. The van der Waals surface area contributed by atoms with Crippen LogP contribution in [0.3, 0.4) is 0 Å². The molecule has 3 atom stereocenters.